The molecule has 36 heavy (non-hydrogen) atoms. The van der Waals surface area contributed by atoms with E-state index in [0.29, 0.717) is 17.3 Å². The van der Waals surface area contributed by atoms with Gasteiger partial charge >= 0.3 is 0 Å². The monoisotopic (exact) mass is 496 g/mol. The molecule has 0 unspecified atom stereocenters. The van der Waals surface area contributed by atoms with E-state index in [-0.39, 0.29) is 33.9 Å². The SMILES string of the molecule is Cc1cc2c(F)c(Oc3cc(N4CCN(C)CC4)nc(Nc4cc(C(C)(C)C)[nH]n4)n3)cc(F)c2[nH]1. The maximum Gasteiger partial charge on any atom is 0.233 e. The fraction of sp³-hybridized carbons (Fsp3) is 0.400. The van der Waals surface area contributed by atoms with E-state index in [1.54, 1.807) is 19.1 Å². The van der Waals surface area contributed by atoms with Crippen molar-refractivity contribution >= 4 is 28.5 Å². The van der Waals surface area contributed by atoms with Crippen molar-refractivity contribution in [1.29, 1.82) is 0 Å². The van der Waals surface area contributed by atoms with Crippen LogP contribution in [0, 0.1) is 18.6 Å². The molecular formula is C25H30F2N8O. The zero-order valence-electron chi connectivity index (χ0n) is 21.0. The summed E-state index contributed by atoms with van der Waals surface area (Å²) in [7, 11) is 2.07. The first-order chi connectivity index (χ1) is 17.1. The van der Waals surface area contributed by atoms with Crippen molar-refractivity contribution in [2.75, 3.05) is 43.4 Å². The van der Waals surface area contributed by atoms with Gasteiger partial charge in [0.15, 0.2) is 23.2 Å². The quantitative estimate of drug-likeness (QED) is 0.363. The molecule has 0 spiro atoms. The van der Waals surface area contributed by atoms with Gasteiger partial charge in [0.2, 0.25) is 11.8 Å². The Bertz CT molecular complexity index is 1400. The Morgan fingerprint density at radius 3 is 2.47 bits per heavy atom. The highest BCUT2D eigenvalue weighted by Gasteiger charge is 2.22. The van der Waals surface area contributed by atoms with E-state index >= 15 is 4.39 Å². The Labute approximate surface area is 207 Å². The highest BCUT2D eigenvalue weighted by molar-refractivity contribution is 5.83. The van der Waals surface area contributed by atoms with E-state index in [0.717, 1.165) is 37.9 Å². The number of hydrogen-bond donors (Lipinski definition) is 3. The minimum atomic E-state index is -0.660. The second-order valence-electron chi connectivity index (χ2n) is 10.2. The molecule has 1 saturated heterocycles. The summed E-state index contributed by atoms with van der Waals surface area (Å²) < 4.78 is 35.7. The molecule has 0 amide bonds. The minimum absolute atomic E-state index is 0.0953. The van der Waals surface area contributed by atoms with Crippen LogP contribution in [0.3, 0.4) is 0 Å². The van der Waals surface area contributed by atoms with E-state index in [9.17, 15) is 4.39 Å². The predicted molar refractivity (Wildman–Crippen MR) is 135 cm³/mol. The van der Waals surface area contributed by atoms with Gasteiger partial charge in [0.1, 0.15) is 5.82 Å². The lowest BCUT2D eigenvalue weighted by molar-refractivity contribution is 0.312. The number of aromatic amines is 2. The van der Waals surface area contributed by atoms with Gasteiger partial charge in [-0.05, 0) is 20.0 Å². The molecule has 5 rings (SSSR count). The van der Waals surface area contributed by atoms with Crippen LogP contribution in [0.1, 0.15) is 32.2 Å². The van der Waals surface area contributed by atoms with Gasteiger partial charge in [-0.25, -0.2) is 8.78 Å². The maximum absolute atomic E-state index is 15.2. The maximum atomic E-state index is 15.2. The van der Waals surface area contributed by atoms with E-state index < -0.39 is 11.6 Å². The van der Waals surface area contributed by atoms with Crippen molar-refractivity contribution in [1.82, 2.24) is 30.0 Å². The van der Waals surface area contributed by atoms with Gasteiger partial charge in [-0.3, -0.25) is 5.10 Å². The summed E-state index contributed by atoms with van der Waals surface area (Å²) in [5.41, 5.74) is 1.60. The smallest absolute Gasteiger partial charge is 0.233 e. The second-order valence-corrected chi connectivity index (χ2v) is 10.2. The molecule has 0 radical (unpaired) electrons. The van der Waals surface area contributed by atoms with E-state index in [4.69, 9.17) is 4.74 Å². The van der Waals surface area contributed by atoms with Crippen LogP contribution in [-0.2, 0) is 5.41 Å². The minimum Gasteiger partial charge on any atom is -0.436 e. The van der Waals surface area contributed by atoms with Crippen molar-refractivity contribution < 1.29 is 13.5 Å². The number of piperazine rings is 1. The molecule has 0 atom stereocenters. The highest BCUT2D eigenvalue weighted by atomic mass is 19.1. The number of halogens is 2. The third-order valence-electron chi connectivity index (χ3n) is 6.26. The lowest BCUT2D eigenvalue weighted by atomic mass is 9.92. The molecule has 1 aliphatic rings. The summed E-state index contributed by atoms with van der Waals surface area (Å²) in [5, 5.41) is 10.6. The summed E-state index contributed by atoms with van der Waals surface area (Å²) in [5.74, 6) is -0.00226. The van der Waals surface area contributed by atoms with Crippen LogP contribution in [0.15, 0.2) is 24.3 Å². The third-order valence-corrected chi connectivity index (χ3v) is 6.26. The number of hydrogen-bond acceptors (Lipinski definition) is 7. The summed E-state index contributed by atoms with van der Waals surface area (Å²) in [6.45, 7) is 11.3. The topological polar surface area (TPSA) is 98.0 Å². The molecule has 9 nitrogen and oxygen atoms in total. The number of rotatable bonds is 5. The van der Waals surface area contributed by atoms with Gasteiger partial charge in [0, 0.05) is 66.6 Å². The number of ether oxygens (including phenoxy) is 1. The lowest BCUT2D eigenvalue weighted by Gasteiger charge is -2.33. The molecule has 4 aromatic rings. The first-order valence-electron chi connectivity index (χ1n) is 11.9. The van der Waals surface area contributed by atoms with Crippen LogP contribution in [0.4, 0.5) is 26.4 Å². The van der Waals surface area contributed by atoms with Crippen molar-refractivity contribution in [3.05, 3.63) is 47.3 Å². The fourth-order valence-corrected chi connectivity index (χ4v) is 4.12. The van der Waals surface area contributed by atoms with Crippen LogP contribution in [0.25, 0.3) is 10.9 Å². The lowest BCUT2D eigenvalue weighted by Crippen LogP contribution is -2.44. The van der Waals surface area contributed by atoms with Crippen molar-refractivity contribution in [2.45, 2.75) is 33.1 Å². The van der Waals surface area contributed by atoms with E-state index in [2.05, 4.69) is 68.1 Å². The van der Waals surface area contributed by atoms with Crippen molar-refractivity contribution in [3.8, 4) is 11.6 Å². The molecule has 190 valence electrons. The van der Waals surface area contributed by atoms with Gasteiger partial charge in [-0.2, -0.15) is 15.1 Å². The van der Waals surface area contributed by atoms with E-state index in [1.165, 1.54) is 0 Å². The molecule has 0 aliphatic carbocycles. The first-order valence-corrected chi connectivity index (χ1v) is 11.9. The van der Waals surface area contributed by atoms with E-state index in [1.807, 2.05) is 6.07 Å². The third kappa shape index (κ3) is 4.83. The number of fused-ring (bicyclic) bond motifs is 1. The summed E-state index contributed by atoms with van der Waals surface area (Å²) in [4.78, 5) is 16.3. The number of nitrogens with zero attached hydrogens (tertiary/aromatic N) is 5. The Morgan fingerprint density at radius 2 is 1.78 bits per heavy atom. The molecule has 3 aromatic heterocycles. The molecule has 3 N–H and O–H groups in total. The highest BCUT2D eigenvalue weighted by Crippen LogP contribution is 2.34. The van der Waals surface area contributed by atoms with Crippen molar-refractivity contribution in [3.63, 3.8) is 0 Å². The Balaban J connectivity index is 1.50. The van der Waals surface area contributed by atoms with Gasteiger partial charge in [0.05, 0.1) is 5.52 Å². The number of H-pyrrole nitrogens is 2. The van der Waals surface area contributed by atoms with Gasteiger partial charge in [-0.15, -0.1) is 0 Å². The van der Waals surface area contributed by atoms with Crippen LogP contribution < -0.4 is 15.0 Å². The largest absolute Gasteiger partial charge is 0.436 e. The fourth-order valence-electron chi connectivity index (χ4n) is 4.12. The average Bonchev–Trinajstić information content (AvgIpc) is 3.45. The van der Waals surface area contributed by atoms with Crippen molar-refractivity contribution in [2.24, 2.45) is 0 Å². The predicted octanol–water partition coefficient (Wildman–Crippen LogP) is 4.85. The van der Waals surface area contributed by atoms with Gasteiger partial charge in [0.25, 0.3) is 0 Å². The molecule has 0 bridgehead atoms. The normalized spacial score (nSPS) is 15.0. The Hall–Kier alpha value is -3.73. The van der Waals surface area contributed by atoms with Crippen LogP contribution in [0.2, 0.25) is 0 Å². The zero-order valence-corrected chi connectivity index (χ0v) is 21.0. The zero-order chi connectivity index (χ0) is 25.6. The van der Waals surface area contributed by atoms with Gasteiger partial charge in [-0.1, -0.05) is 20.8 Å². The summed E-state index contributed by atoms with van der Waals surface area (Å²) >= 11 is 0. The number of benzene rings is 1. The first kappa shape index (κ1) is 24.0. The van der Waals surface area contributed by atoms with Gasteiger partial charge < -0.3 is 24.8 Å². The van der Waals surface area contributed by atoms with Crippen LogP contribution in [0.5, 0.6) is 11.6 Å². The Morgan fingerprint density at radius 1 is 1.03 bits per heavy atom. The molecular weight excluding hydrogens is 466 g/mol. The number of aryl methyl sites for hydroxylation is 1. The molecule has 1 aromatic carbocycles. The molecule has 4 heterocycles. The molecule has 11 heteroatoms. The van der Waals surface area contributed by atoms with Crippen LogP contribution in [-0.4, -0.2) is 63.3 Å². The number of aromatic nitrogens is 5. The second kappa shape index (κ2) is 9.05. The molecule has 1 aliphatic heterocycles. The number of likely N-dealkylation sites (N-methyl/N-ethyl adjacent to an activating group) is 1. The Kier molecular flexibility index (Phi) is 6.03. The standard InChI is InChI=1S/C25H30F2N8O/c1-14-10-15-22(27)17(11-16(26)23(15)28-14)36-21-13-20(35-8-6-34(5)7-9-35)30-24(31-21)29-19-12-18(32-33-19)25(2,3)4/h10-13,28H,6-9H2,1-5H3,(H2,29,30,31,32,33). The summed E-state index contributed by atoms with van der Waals surface area (Å²) in [6.07, 6.45) is 0. The molecule has 0 saturated carbocycles. The molecule has 1 fully saturated rings. The number of anilines is 3. The average molecular weight is 497 g/mol. The number of nitrogens with one attached hydrogen (secondary N) is 3. The van der Waals surface area contributed by atoms with Crippen LogP contribution >= 0.6 is 0 Å². The summed E-state index contributed by atoms with van der Waals surface area (Å²) in [6, 6.07) is 6.12.